The van der Waals surface area contributed by atoms with E-state index in [2.05, 4.69) is 44.9 Å². The number of hydrogen-bond donors (Lipinski definition) is 1. The van der Waals surface area contributed by atoms with Crippen molar-refractivity contribution >= 4 is 27.4 Å². The van der Waals surface area contributed by atoms with Crippen LogP contribution in [-0.2, 0) is 5.41 Å². The summed E-state index contributed by atoms with van der Waals surface area (Å²) in [5.74, 6) is 1.84. The van der Waals surface area contributed by atoms with Crippen LogP contribution in [0.1, 0.15) is 37.0 Å². The second kappa shape index (κ2) is 3.95. The van der Waals surface area contributed by atoms with Gasteiger partial charge in [0, 0.05) is 17.3 Å². The van der Waals surface area contributed by atoms with Gasteiger partial charge in [-0.05, 0) is 19.4 Å². The van der Waals surface area contributed by atoms with E-state index in [1.54, 1.807) is 11.3 Å². The van der Waals surface area contributed by atoms with Gasteiger partial charge in [0.2, 0.25) is 0 Å². The van der Waals surface area contributed by atoms with Gasteiger partial charge >= 0.3 is 0 Å². The van der Waals surface area contributed by atoms with E-state index in [1.165, 1.54) is 15.8 Å². The van der Waals surface area contributed by atoms with Gasteiger partial charge in [0.25, 0.3) is 0 Å². The summed E-state index contributed by atoms with van der Waals surface area (Å²) in [6.07, 6.45) is 0. The second-order valence-electron chi connectivity index (χ2n) is 5.36. The maximum absolute atomic E-state index is 4.70. The Bertz CT molecular complexity index is 564. The Kier molecular flexibility index (Phi) is 2.86. The third kappa shape index (κ3) is 2.02. The third-order valence-electron chi connectivity index (χ3n) is 2.94. The van der Waals surface area contributed by atoms with Crippen molar-refractivity contribution in [2.75, 3.05) is 12.4 Å². The van der Waals surface area contributed by atoms with E-state index >= 15 is 0 Å². The van der Waals surface area contributed by atoms with Gasteiger partial charge in [-0.1, -0.05) is 20.8 Å². The van der Waals surface area contributed by atoms with E-state index in [1.807, 2.05) is 7.05 Å². The van der Waals surface area contributed by atoms with Crippen molar-refractivity contribution in [2.24, 2.45) is 0 Å². The van der Waals surface area contributed by atoms with Crippen LogP contribution in [-0.4, -0.2) is 17.0 Å². The molecule has 2 rings (SSSR count). The molecule has 0 aliphatic heterocycles. The average molecular weight is 249 g/mol. The Morgan fingerprint density at radius 3 is 2.29 bits per heavy atom. The first-order chi connectivity index (χ1) is 7.84. The first-order valence-electron chi connectivity index (χ1n) is 5.80. The molecule has 0 amide bonds. The normalized spacial score (nSPS) is 12.1. The summed E-state index contributed by atoms with van der Waals surface area (Å²) in [4.78, 5) is 11.8. The molecule has 0 fully saturated rings. The smallest absolute Gasteiger partial charge is 0.138 e. The summed E-state index contributed by atoms with van der Waals surface area (Å²) in [5.41, 5.74) is 1.26. The van der Waals surface area contributed by atoms with Crippen LogP contribution >= 0.6 is 11.3 Å². The number of nitrogens with one attached hydrogen (secondary N) is 1. The zero-order valence-corrected chi connectivity index (χ0v) is 12.1. The lowest BCUT2D eigenvalue weighted by Gasteiger charge is -2.17. The molecule has 0 aliphatic carbocycles. The first kappa shape index (κ1) is 12.3. The molecule has 0 unspecified atom stereocenters. The molecular formula is C13H19N3S. The molecule has 0 aliphatic rings. The molecule has 0 saturated carbocycles. The van der Waals surface area contributed by atoms with Crippen molar-refractivity contribution < 1.29 is 0 Å². The van der Waals surface area contributed by atoms with Crippen LogP contribution in [0.25, 0.3) is 10.2 Å². The van der Waals surface area contributed by atoms with Gasteiger partial charge in [-0.3, -0.25) is 0 Å². The molecule has 0 atom stereocenters. The minimum Gasteiger partial charge on any atom is -0.372 e. The highest BCUT2D eigenvalue weighted by molar-refractivity contribution is 7.18. The largest absolute Gasteiger partial charge is 0.372 e. The van der Waals surface area contributed by atoms with Crippen molar-refractivity contribution in [3.05, 3.63) is 16.3 Å². The minimum absolute atomic E-state index is 0.0222. The van der Waals surface area contributed by atoms with E-state index in [9.17, 15) is 0 Å². The summed E-state index contributed by atoms with van der Waals surface area (Å²) in [6, 6.07) is 0. The third-order valence-corrected chi connectivity index (χ3v) is 4.04. The van der Waals surface area contributed by atoms with Gasteiger partial charge in [-0.2, -0.15) is 0 Å². The highest BCUT2D eigenvalue weighted by Crippen LogP contribution is 2.34. The van der Waals surface area contributed by atoms with Crippen LogP contribution in [0, 0.1) is 13.8 Å². The number of aryl methyl sites for hydroxylation is 2. The fourth-order valence-electron chi connectivity index (χ4n) is 1.77. The van der Waals surface area contributed by atoms with Crippen molar-refractivity contribution in [3.8, 4) is 0 Å². The number of hydrogen-bond acceptors (Lipinski definition) is 4. The zero-order chi connectivity index (χ0) is 12.8. The van der Waals surface area contributed by atoms with Crippen molar-refractivity contribution in [1.29, 1.82) is 0 Å². The molecule has 1 N–H and O–H groups in total. The number of thiophene rings is 1. The number of nitrogens with zero attached hydrogens (tertiary/aromatic N) is 2. The van der Waals surface area contributed by atoms with E-state index in [4.69, 9.17) is 4.98 Å². The van der Waals surface area contributed by atoms with Crippen LogP contribution in [0.15, 0.2) is 0 Å². The Labute approximate surface area is 106 Å². The summed E-state index contributed by atoms with van der Waals surface area (Å²) >= 11 is 1.75. The van der Waals surface area contributed by atoms with Crippen LogP contribution in [0.2, 0.25) is 0 Å². The van der Waals surface area contributed by atoms with Crippen LogP contribution in [0.5, 0.6) is 0 Å². The maximum atomic E-state index is 4.70. The number of rotatable bonds is 1. The van der Waals surface area contributed by atoms with Gasteiger partial charge in [-0.15, -0.1) is 11.3 Å². The van der Waals surface area contributed by atoms with Crippen LogP contribution in [0.4, 0.5) is 5.82 Å². The first-order valence-corrected chi connectivity index (χ1v) is 6.62. The Hall–Kier alpha value is -1.16. The predicted molar refractivity (Wildman–Crippen MR) is 75.1 cm³/mol. The maximum Gasteiger partial charge on any atom is 0.138 e. The molecule has 0 saturated heterocycles. The molecule has 3 nitrogen and oxygen atoms in total. The molecule has 0 bridgehead atoms. The lowest BCUT2D eigenvalue weighted by atomic mass is 9.95. The summed E-state index contributed by atoms with van der Waals surface area (Å²) in [6.45, 7) is 10.7. The van der Waals surface area contributed by atoms with Crippen molar-refractivity contribution in [3.63, 3.8) is 0 Å². The summed E-state index contributed by atoms with van der Waals surface area (Å²) in [7, 11) is 1.92. The van der Waals surface area contributed by atoms with Crippen molar-refractivity contribution in [2.45, 2.75) is 40.0 Å². The van der Waals surface area contributed by atoms with Crippen LogP contribution in [0.3, 0.4) is 0 Å². The van der Waals surface area contributed by atoms with Gasteiger partial charge in [0.1, 0.15) is 16.5 Å². The van der Waals surface area contributed by atoms with Crippen LogP contribution < -0.4 is 5.32 Å². The molecule has 92 valence electrons. The lowest BCUT2D eigenvalue weighted by molar-refractivity contribution is 0.549. The molecule has 4 heteroatoms. The predicted octanol–water partition coefficient (Wildman–Crippen LogP) is 3.65. The highest BCUT2D eigenvalue weighted by atomic mass is 32.1. The molecule has 0 aromatic carbocycles. The quantitative estimate of drug-likeness (QED) is 0.838. The van der Waals surface area contributed by atoms with E-state index < -0.39 is 0 Å². The minimum atomic E-state index is -0.0222. The van der Waals surface area contributed by atoms with Gasteiger partial charge in [-0.25, -0.2) is 9.97 Å². The molecule has 17 heavy (non-hydrogen) atoms. The fourth-order valence-corrected chi connectivity index (χ4v) is 2.80. The summed E-state index contributed by atoms with van der Waals surface area (Å²) < 4.78 is 0. The Balaban J connectivity index is 2.80. The topological polar surface area (TPSA) is 37.8 Å². The van der Waals surface area contributed by atoms with E-state index in [0.717, 1.165) is 16.5 Å². The molecule has 0 spiro atoms. The number of fused-ring (bicyclic) bond motifs is 1. The van der Waals surface area contributed by atoms with E-state index in [-0.39, 0.29) is 5.41 Å². The van der Waals surface area contributed by atoms with Crippen molar-refractivity contribution in [1.82, 2.24) is 9.97 Å². The van der Waals surface area contributed by atoms with E-state index in [0.29, 0.717) is 0 Å². The van der Waals surface area contributed by atoms with Gasteiger partial charge in [0.05, 0.1) is 5.39 Å². The zero-order valence-electron chi connectivity index (χ0n) is 11.3. The fraction of sp³-hybridized carbons (Fsp3) is 0.538. The number of aromatic nitrogens is 2. The highest BCUT2D eigenvalue weighted by Gasteiger charge is 2.21. The monoisotopic (exact) mass is 249 g/mol. The Morgan fingerprint density at radius 1 is 1.12 bits per heavy atom. The molecular weight excluding hydrogens is 230 g/mol. The average Bonchev–Trinajstić information content (AvgIpc) is 2.52. The molecule has 2 aromatic heterocycles. The second-order valence-corrected chi connectivity index (χ2v) is 6.56. The molecule has 2 heterocycles. The van der Waals surface area contributed by atoms with Gasteiger partial charge < -0.3 is 5.32 Å². The molecule has 2 aromatic rings. The Morgan fingerprint density at radius 2 is 1.76 bits per heavy atom. The standard InChI is InChI=1S/C13H19N3S/c1-7-8(2)17-11-9(7)10(14-6)15-12(16-11)13(3,4)5/h1-6H3,(H,14,15,16). The lowest BCUT2D eigenvalue weighted by Crippen LogP contribution is -2.16. The van der Waals surface area contributed by atoms with Gasteiger partial charge in [0.15, 0.2) is 0 Å². The molecule has 0 radical (unpaired) electrons. The number of anilines is 1. The SMILES string of the molecule is CNc1nc(C(C)(C)C)nc2sc(C)c(C)c12. The summed E-state index contributed by atoms with van der Waals surface area (Å²) in [5, 5.41) is 4.36.